The van der Waals surface area contributed by atoms with Gasteiger partial charge in [-0.1, -0.05) is 11.6 Å². The minimum atomic E-state index is -0.0817. The molecule has 41 heavy (non-hydrogen) atoms. The highest BCUT2D eigenvalue weighted by Gasteiger charge is 2.28. The number of likely N-dealkylation sites (tertiary alicyclic amines) is 1. The van der Waals surface area contributed by atoms with Gasteiger partial charge in [0.1, 0.15) is 5.15 Å². The molecule has 0 radical (unpaired) electrons. The van der Waals surface area contributed by atoms with Gasteiger partial charge in [0, 0.05) is 63.4 Å². The highest BCUT2D eigenvalue weighted by molar-refractivity contribution is 6.29. The molecule has 1 aromatic carbocycles. The second kappa shape index (κ2) is 12.6. The lowest BCUT2D eigenvalue weighted by atomic mass is 9.98. The molecule has 4 aromatic rings. The summed E-state index contributed by atoms with van der Waals surface area (Å²) in [4.78, 5) is 31.1. The third-order valence-electron chi connectivity index (χ3n) is 8.53. The molecule has 1 unspecified atom stereocenters. The van der Waals surface area contributed by atoms with Crippen LogP contribution in [0.15, 0.2) is 49.1 Å². The fourth-order valence-corrected chi connectivity index (χ4v) is 6.29. The quantitative estimate of drug-likeness (QED) is 0.262. The molecule has 8 nitrogen and oxygen atoms in total. The number of hydrogen-bond donors (Lipinski definition) is 1. The van der Waals surface area contributed by atoms with E-state index >= 15 is 0 Å². The molecule has 1 atom stereocenters. The summed E-state index contributed by atoms with van der Waals surface area (Å²) in [6.07, 6.45) is 8.79. The Balaban J connectivity index is 1.22. The molecule has 1 saturated heterocycles. The van der Waals surface area contributed by atoms with E-state index < -0.39 is 0 Å². The predicted molar refractivity (Wildman–Crippen MR) is 166 cm³/mol. The second-order valence-electron chi connectivity index (χ2n) is 11.3. The van der Waals surface area contributed by atoms with Crippen molar-refractivity contribution in [3.8, 4) is 0 Å². The number of nitrogens with one attached hydrogen (secondary N) is 1. The van der Waals surface area contributed by atoms with Gasteiger partial charge in [0.25, 0.3) is 5.91 Å². The van der Waals surface area contributed by atoms with Crippen LogP contribution in [-0.4, -0.2) is 62.0 Å². The Hall–Kier alpha value is -3.49. The summed E-state index contributed by atoms with van der Waals surface area (Å²) in [5, 5.41) is 3.52. The van der Waals surface area contributed by atoms with Gasteiger partial charge in [-0.05, 0) is 94.0 Å². The number of carbonyl (C=O) groups is 1. The van der Waals surface area contributed by atoms with Gasteiger partial charge in [0.05, 0.1) is 28.6 Å². The lowest BCUT2D eigenvalue weighted by molar-refractivity contribution is 0.0943. The van der Waals surface area contributed by atoms with Crippen molar-refractivity contribution < 1.29 is 4.79 Å². The number of halogens is 1. The van der Waals surface area contributed by atoms with E-state index in [-0.39, 0.29) is 5.91 Å². The first-order chi connectivity index (χ1) is 19.7. The van der Waals surface area contributed by atoms with E-state index in [9.17, 15) is 4.79 Å². The number of anilines is 1. The Kier molecular flexibility index (Phi) is 8.90. The first kappa shape index (κ1) is 29.0. The van der Waals surface area contributed by atoms with Crippen LogP contribution in [0.3, 0.4) is 0 Å². The molecule has 0 saturated carbocycles. The molecular weight excluding hydrogens is 534 g/mol. The Morgan fingerprint density at radius 3 is 2.66 bits per heavy atom. The molecule has 1 aliphatic heterocycles. The van der Waals surface area contributed by atoms with Crippen LogP contribution in [-0.2, 0) is 13.6 Å². The molecule has 1 aliphatic rings. The van der Waals surface area contributed by atoms with Gasteiger partial charge in [-0.15, -0.1) is 0 Å². The molecule has 0 aliphatic carbocycles. The number of piperidine rings is 1. The van der Waals surface area contributed by atoms with E-state index in [0.29, 0.717) is 35.0 Å². The van der Waals surface area contributed by atoms with Gasteiger partial charge in [-0.25, -0.2) is 9.97 Å². The number of carbonyl (C=O) groups excluding carboxylic acids is 1. The number of pyridine rings is 2. The van der Waals surface area contributed by atoms with E-state index in [4.69, 9.17) is 11.6 Å². The van der Waals surface area contributed by atoms with Crippen LogP contribution >= 0.6 is 11.6 Å². The van der Waals surface area contributed by atoms with Crippen molar-refractivity contribution in [2.45, 2.75) is 65.6 Å². The Bertz CT molecular complexity index is 1500. The normalized spacial score (nSPS) is 15.3. The minimum Gasteiger partial charge on any atom is -0.364 e. The third kappa shape index (κ3) is 6.54. The molecule has 216 valence electrons. The van der Waals surface area contributed by atoms with Crippen molar-refractivity contribution in [2.75, 3.05) is 24.5 Å². The van der Waals surface area contributed by atoms with E-state index in [1.165, 1.54) is 16.8 Å². The van der Waals surface area contributed by atoms with Crippen molar-refractivity contribution >= 4 is 34.2 Å². The van der Waals surface area contributed by atoms with E-state index in [1.54, 1.807) is 6.07 Å². The van der Waals surface area contributed by atoms with Crippen LogP contribution < -0.4 is 10.2 Å². The maximum atomic E-state index is 12.8. The van der Waals surface area contributed by atoms with Gasteiger partial charge in [-0.2, -0.15) is 0 Å². The summed E-state index contributed by atoms with van der Waals surface area (Å²) in [7, 11) is 2.05. The van der Waals surface area contributed by atoms with Gasteiger partial charge in [0.15, 0.2) is 0 Å². The van der Waals surface area contributed by atoms with Crippen LogP contribution in [0.1, 0.15) is 58.9 Å². The first-order valence-electron chi connectivity index (χ1n) is 14.4. The van der Waals surface area contributed by atoms with Crippen molar-refractivity contribution in [3.63, 3.8) is 0 Å². The summed E-state index contributed by atoms with van der Waals surface area (Å²) < 4.78 is 2.08. The zero-order valence-corrected chi connectivity index (χ0v) is 25.4. The molecule has 5 rings (SSSR count). The highest BCUT2D eigenvalue weighted by Crippen LogP contribution is 2.30. The standard InChI is InChI=1S/C32H40ClN7O/c1-21-8-12-34-18-25(21)19-40(27-6-7-28-29(17-27)38(5)20-36-28)26-10-14-39(15-11-26)23(3)9-13-35-32(41)31-22(2)16-30(33)37-24(31)4/h6-8,12,16-18,20,23,26H,9-11,13-15,19H2,1-5H3,(H,35,41). The van der Waals surface area contributed by atoms with E-state index in [0.717, 1.165) is 55.5 Å². The van der Waals surface area contributed by atoms with Crippen molar-refractivity contribution in [1.82, 2.24) is 29.7 Å². The lowest BCUT2D eigenvalue weighted by Crippen LogP contribution is -2.48. The SMILES string of the molecule is Cc1ccncc1CN(c1ccc2ncn(C)c2c1)C1CCN(C(C)CCNC(=O)c2c(C)cc(Cl)nc2C)CC1. The number of fused-ring (bicyclic) bond motifs is 1. The summed E-state index contributed by atoms with van der Waals surface area (Å²) in [6, 6.07) is 11.2. The largest absolute Gasteiger partial charge is 0.364 e. The van der Waals surface area contributed by atoms with Gasteiger partial charge < -0.3 is 19.7 Å². The number of hydrogen-bond acceptors (Lipinski definition) is 6. The molecular formula is C32H40ClN7O. The number of amides is 1. The Morgan fingerprint density at radius 1 is 1.15 bits per heavy atom. The maximum Gasteiger partial charge on any atom is 0.253 e. The lowest BCUT2D eigenvalue weighted by Gasteiger charge is -2.42. The summed E-state index contributed by atoms with van der Waals surface area (Å²) in [5.74, 6) is -0.0817. The average molecular weight is 574 g/mol. The van der Waals surface area contributed by atoms with Crippen LogP contribution in [0, 0.1) is 20.8 Å². The van der Waals surface area contributed by atoms with Crippen molar-refractivity contribution in [3.05, 3.63) is 82.2 Å². The zero-order chi connectivity index (χ0) is 29.1. The molecule has 3 aromatic heterocycles. The van der Waals surface area contributed by atoms with Crippen molar-refractivity contribution in [1.29, 1.82) is 0 Å². The minimum absolute atomic E-state index is 0.0817. The predicted octanol–water partition coefficient (Wildman–Crippen LogP) is 5.62. The van der Waals surface area contributed by atoms with E-state index in [1.807, 2.05) is 39.6 Å². The van der Waals surface area contributed by atoms with Crippen LogP contribution in [0.2, 0.25) is 5.15 Å². The smallest absolute Gasteiger partial charge is 0.253 e. The van der Waals surface area contributed by atoms with Crippen LogP contribution in [0.25, 0.3) is 11.0 Å². The molecule has 1 amide bonds. The molecule has 1 N–H and O–H groups in total. The Labute approximate surface area is 247 Å². The van der Waals surface area contributed by atoms with Gasteiger partial charge >= 0.3 is 0 Å². The van der Waals surface area contributed by atoms with Gasteiger partial charge in [0.2, 0.25) is 0 Å². The summed E-state index contributed by atoms with van der Waals surface area (Å²) in [5.41, 5.74) is 8.03. The Morgan fingerprint density at radius 2 is 1.93 bits per heavy atom. The van der Waals surface area contributed by atoms with Crippen LogP contribution in [0.4, 0.5) is 5.69 Å². The number of aromatic nitrogens is 4. The maximum absolute atomic E-state index is 12.8. The van der Waals surface area contributed by atoms with Crippen molar-refractivity contribution in [2.24, 2.45) is 7.05 Å². The second-order valence-corrected chi connectivity index (χ2v) is 11.7. The molecule has 4 heterocycles. The molecule has 9 heteroatoms. The fourth-order valence-electron chi connectivity index (χ4n) is 6.00. The third-order valence-corrected chi connectivity index (χ3v) is 8.73. The number of benzene rings is 1. The number of nitrogens with zero attached hydrogens (tertiary/aromatic N) is 6. The van der Waals surface area contributed by atoms with Crippen LogP contribution in [0.5, 0.6) is 0 Å². The number of rotatable bonds is 9. The number of aryl methyl sites for hydroxylation is 4. The first-order valence-corrected chi connectivity index (χ1v) is 14.8. The average Bonchev–Trinajstić information content (AvgIpc) is 3.32. The highest BCUT2D eigenvalue weighted by atomic mass is 35.5. The summed E-state index contributed by atoms with van der Waals surface area (Å²) >= 11 is 6.04. The van der Waals surface area contributed by atoms with E-state index in [2.05, 4.69) is 72.7 Å². The number of imidazole rings is 1. The van der Waals surface area contributed by atoms with Gasteiger partial charge in [-0.3, -0.25) is 9.78 Å². The topological polar surface area (TPSA) is 79.2 Å². The molecule has 0 spiro atoms. The fraction of sp³-hybridized carbons (Fsp3) is 0.438. The molecule has 0 bridgehead atoms. The summed E-state index contributed by atoms with van der Waals surface area (Å²) in [6.45, 7) is 11.6. The monoisotopic (exact) mass is 573 g/mol. The zero-order valence-electron chi connectivity index (χ0n) is 24.7. The molecule has 1 fully saturated rings.